The average Bonchev–Trinajstić information content (AvgIpc) is 2.76. The van der Waals surface area contributed by atoms with E-state index in [1.807, 2.05) is 18.2 Å². The first-order valence-corrected chi connectivity index (χ1v) is 10.7. The third-order valence-corrected chi connectivity index (χ3v) is 5.85. The number of aryl methyl sites for hydroxylation is 1. The molecule has 1 nitrogen and oxygen atoms in total. The van der Waals surface area contributed by atoms with E-state index in [9.17, 15) is 8.78 Å². The summed E-state index contributed by atoms with van der Waals surface area (Å²) in [6.45, 7) is 2.17. The number of rotatable bonds is 6. The van der Waals surface area contributed by atoms with E-state index in [1.54, 1.807) is 12.1 Å². The molecule has 0 amide bonds. The zero-order chi connectivity index (χ0) is 22.8. The van der Waals surface area contributed by atoms with Crippen LogP contribution in [0.2, 0.25) is 0 Å². The van der Waals surface area contributed by atoms with Gasteiger partial charge in [0.2, 0.25) is 0 Å². The van der Waals surface area contributed by atoms with Gasteiger partial charge >= 0.3 is 0 Å². The molecule has 0 aliphatic rings. The quantitative estimate of drug-likeness (QED) is 0.170. The first-order valence-electron chi connectivity index (χ1n) is 10.7. The highest BCUT2D eigenvalue weighted by Gasteiger charge is 2.20. The maximum Gasteiger partial charge on any atom is 0.144 e. The summed E-state index contributed by atoms with van der Waals surface area (Å²) in [5.41, 5.74) is -0.425. The van der Waals surface area contributed by atoms with Crippen molar-refractivity contribution in [2.45, 2.75) is 39.0 Å². The van der Waals surface area contributed by atoms with Gasteiger partial charge < -0.3 is 0 Å². The van der Waals surface area contributed by atoms with Crippen LogP contribution in [0.3, 0.4) is 0 Å². The Morgan fingerprint density at radius 1 is 0.750 bits per heavy atom. The largest absolute Gasteiger partial charge is 0.206 e. The first kappa shape index (κ1) is 21.8. The molecule has 0 unspecified atom stereocenters. The standard InChI is InChI=1S/C27H21F4N/c1-2-3-4-5-6-16-7-9-19-17(11-16)8-10-20-21(19)14-25(30)26(27(20)31)18-12-23(28)22(15-32)24(29)13-18/h7-14H,2-6H2,1H3. The Labute approximate surface area is 183 Å². The van der Waals surface area contributed by atoms with Crippen LogP contribution in [0.1, 0.15) is 43.7 Å². The van der Waals surface area contributed by atoms with Crippen molar-refractivity contribution in [1.29, 1.82) is 5.26 Å². The molecule has 162 valence electrons. The van der Waals surface area contributed by atoms with Crippen molar-refractivity contribution in [1.82, 2.24) is 0 Å². The number of fused-ring (bicyclic) bond motifs is 3. The molecule has 0 aliphatic carbocycles. The van der Waals surface area contributed by atoms with Gasteiger partial charge in [0.1, 0.15) is 34.9 Å². The minimum absolute atomic E-state index is 0.162. The summed E-state index contributed by atoms with van der Waals surface area (Å²) >= 11 is 0. The summed E-state index contributed by atoms with van der Waals surface area (Å²) in [6.07, 6.45) is 5.58. The van der Waals surface area contributed by atoms with Crippen molar-refractivity contribution < 1.29 is 17.6 Å². The summed E-state index contributed by atoms with van der Waals surface area (Å²) in [4.78, 5) is 0. The van der Waals surface area contributed by atoms with E-state index in [4.69, 9.17) is 5.26 Å². The van der Waals surface area contributed by atoms with Crippen molar-refractivity contribution in [3.05, 3.63) is 82.9 Å². The molecule has 0 heterocycles. The summed E-state index contributed by atoms with van der Waals surface area (Å²) in [5.74, 6) is -4.14. The van der Waals surface area contributed by atoms with Gasteiger partial charge in [-0.05, 0) is 58.3 Å². The van der Waals surface area contributed by atoms with Gasteiger partial charge in [0.05, 0.1) is 5.56 Å². The summed E-state index contributed by atoms with van der Waals surface area (Å²) in [6, 6.07) is 13.4. The third kappa shape index (κ3) is 3.93. The highest BCUT2D eigenvalue weighted by atomic mass is 19.1. The van der Waals surface area contributed by atoms with Crippen LogP contribution in [-0.2, 0) is 6.42 Å². The van der Waals surface area contributed by atoms with Crippen LogP contribution in [0.5, 0.6) is 0 Å². The number of hydrogen-bond donors (Lipinski definition) is 0. The van der Waals surface area contributed by atoms with Crippen molar-refractivity contribution >= 4 is 21.5 Å². The fourth-order valence-electron chi connectivity index (χ4n) is 4.19. The van der Waals surface area contributed by atoms with Gasteiger partial charge in [0.15, 0.2) is 0 Å². The van der Waals surface area contributed by atoms with Crippen molar-refractivity contribution in [2.24, 2.45) is 0 Å². The van der Waals surface area contributed by atoms with E-state index < -0.39 is 34.4 Å². The molecule has 0 radical (unpaired) electrons. The molecule has 5 heteroatoms. The molecule has 0 bridgehead atoms. The van der Waals surface area contributed by atoms with E-state index in [1.165, 1.54) is 37.0 Å². The molecule has 32 heavy (non-hydrogen) atoms. The highest BCUT2D eigenvalue weighted by molar-refractivity contribution is 6.09. The van der Waals surface area contributed by atoms with Gasteiger partial charge in [-0.3, -0.25) is 0 Å². The highest BCUT2D eigenvalue weighted by Crippen LogP contribution is 2.36. The Morgan fingerprint density at radius 2 is 1.47 bits per heavy atom. The SMILES string of the molecule is CCCCCCc1ccc2c(ccc3c(F)c(-c4cc(F)c(C#N)c(F)c4)c(F)cc32)c1. The van der Waals surface area contributed by atoms with Crippen LogP contribution in [0, 0.1) is 34.6 Å². The molecular formula is C27H21F4N. The zero-order valence-electron chi connectivity index (χ0n) is 17.6. The number of hydrogen-bond acceptors (Lipinski definition) is 1. The van der Waals surface area contributed by atoms with Gasteiger partial charge in [-0.2, -0.15) is 5.26 Å². The van der Waals surface area contributed by atoms with Gasteiger partial charge in [0, 0.05) is 5.39 Å². The molecule has 0 aromatic heterocycles. The van der Waals surface area contributed by atoms with Crippen molar-refractivity contribution in [2.75, 3.05) is 0 Å². The molecular weight excluding hydrogens is 414 g/mol. The molecule has 4 aromatic carbocycles. The number of nitriles is 1. The summed E-state index contributed by atoms with van der Waals surface area (Å²) in [7, 11) is 0. The smallest absolute Gasteiger partial charge is 0.144 e. The van der Waals surface area contributed by atoms with E-state index in [-0.39, 0.29) is 10.9 Å². The summed E-state index contributed by atoms with van der Waals surface area (Å²) < 4.78 is 58.5. The maximum absolute atomic E-state index is 15.4. The normalized spacial score (nSPS) is 11.2. The average molecular weight is 435 g/mol. The van der Waals surface area contributed by atoms with Crippen molar-refractivity contribution in [3.63, 3.8) is 0 Å². The lowest BCUT2D eigenvalue weighted by Gasteiger charge is -2.12. The van der Waals surface area contributed by atoms with Crippen LogP contribution in [0.25, 0.3) is 32.7 Å². The predicted octanol–water partition coefficient (Wildman–Crippen LogP) is 8.21. The molecule has 0 aliphatic heterocycles. The Kier molecular flexibility index (Phi) is 6.14. The van der Waals surface area contributed by atoms with E-state index in [0.717, 1.165) is 30.4 Å². The Hall–Kier alpha value is -3.39. The zero-order valence-corrected chi connectivity index (χ0v) is 17.6. The number of nitrogens with zero attached hydrogens (tertiary/aromatic N) is 1. The maximum atomic E-state index is 15.4. The second-order valence-corrected chi connectivity index (χ2v) is 8.00. The van der Waals surface area contributed by atoms with Crippen LogP contribution < -0.4 is 0 Å². The van der Waals surface area contributed by atoms with Crippen LogP contribution >= 0.6 is 0 Å². The molecule has 4 aromatic rings. The Bertz CT molecular complexity index is 1350. The van der Waals surface area contributed by atoms with Crippen LogP contribution in [0.4, 0.5) is 17.6 Å². The molecule has 4 rings (SSSR count). The van der Waals surface area contributed by atoms with E-state index >= 15 is 8.78 Å². The van der Waals surface area contributed by atoms with Gasteiger partial charge in [-0.15, -0.1) is 0 Å². The lowest BCUT2D eigenvalue weighted by Crippen LogP contribution is -1.97. The predicted molar refractivity (Wildman–Crippen MR) is 119 cm³/mol. The second-order valence-electron chi connectivity index (χ2n) is 8.00. The molecule has 0 saturated carbocycles. The number of benzene rings is 4. The Morgan fingerprint density at radius 3 is 2.16 bits per heavy atom. The summed E-state index contributed by atoms with van der Waals surface area (Å²) in [5, 5.41) is 11.0. The topological polar surface area (TPSA) is 23.8 Å². The molecule has 0 N–H and O–H groups in total. The van der Waals surface area contributed by atoms with Crippen LogP contribution in [0.15, 0.2) is 48.5 Å². The monoisotopic (exact) mass is 435 g/mol. The third-order valence-electron chi connectivity index (χ3n) is 5.85. The van der Waals surface area contributed by atoms with Crippen molar-refractivity contribution in [3.8, 4) is 17.2 Å². The minimum atomic E-state index is -1.16. The number of unbranched alkanes of at least 4 members (excludes halogenated alkanes) is 3. The lowest BCUT2D eigenvalue weighted by atomic mass is 9.94. The number of halogens is 4. The second kappa shape index (κ2) is 9.00. The minimum Gasteiger partial charge on any atom is -0.206 e. The van der Waals surface area contributed by atoms with E-state index in [2.05, 4.69) is 6.92 Å². The van der Waals surface area contributed by atoms with Crippen LogP contribution in [-0.4, -0.2) is 0 Å². The molecule has 0 saturated heterocycles. The van der Waals surface area contributed by atoms with E-state index in [0.29, 0.717) is 10.8 Å². The molecule has 0 spiro atoms. The fraction of sp³-hybridized carbons (Fsp3) is 0.222. The first-order chi connectivity index (χ1) is 15.4. The fourth-order valence-corrected chi connectivity index (χ4v) is 4.19. The Balaban J connectivity index is 1.81. The van der Waals surface area contributed by atoms with Gasteiger partial charge in [-0.1, -0.05) is 56.5 Å². The molecule has 0 atom stereocenters. The lowest BCUT2D eigenvalue weighted by molar-refractivity contribution is 0.575. The molecule has 0 fully saturated rings. The van der Waals surface area contributed by atoms with Gasteiger partial charge in [-0.25, -0.2) is 17.6 Å². The van der Waals surface area contributed by atoms with Gasteiger partial charge in [0.25, 0.3) is 0 Å².